The second-order valence-electron chi connectivity index (χ2n) is 7.23. The minimum atomic E-state index is -0.307. The van der Waals surface area contributed by atoms with E-state index in [-0.39, 0.29) is 17.2 Å². The largest absolute Gasteiger partial charge is 0.493 e. The van der Waals surface area contributed by atoms with Crippen molar-refractivity contribution >= 4 is 34.9 Å². The Morgan fingerprint density at radius 1 is 1.12 bits per heavy atom. The number of amides is 1. The Bertz CT molecular complexity index is 1390. The fraction of sp³-hybridized carbons (Fsp3) is 0.217. The van der Waals surface area contributed by atoms with Crippen LogP contribution in [0.1, 0.15) is 5.56 Å². The Morgan fingerprint density at radius 3 is 2.71 bits per heavy atom. The zero-order valence-electron chi connectivity index (χ0n) is 18.5. The number of ether oxygens (including phenoxy) is 2. The van der Waals surface area contributed by atoms with Crippen molar-refractivity contribution in [2.75, 3.05) is 26.5 Å². The summed E-state index contributed by atoms with van der Waals surface area (Å²) in [5.41, 5.74) is 1.83. The highest BCUT2D eigenvalue weighted by Crippen LogP contribution is 2.27. The maximum atomic E-state index is 12.5. The molecule has 9 nitrogen and oxygen atoms in total. The normalized spacial score (nSPS) is 10.9. The summed E-state index contributed by atoms with van der Waals surface area (Å²) in [6.45, 7) is 0.460. The average molecular weight is 500 g/mol. The highest BCUT2D eigenvalue weighted by molar-refractivity contribution is 7.99. The number of hydrogen-bond donors (Lipinski definition) is 2. The average Bonchev–Trinajstić information content (AvgIpc) is 3.22. The molecule has 34 heavy (non-hydrogen) atoms. The van der Waals surface area contributed by atoms with Crippen LogP contribution >= 0.6 is 23.4 Å². The third-order valence-electron chi connectivity index (χ3n) is 4.92. The van der Waals surface area contributed by atoms with E-state index >= 15 is 0 Å². The topological polar surface area (TPSA) is 111 Å². The fourth-order valence-corrected chi connectivity index (χ4v) is 4.27. The van der Waals surface area contributed by atoms with Crippen molar-refractivity contribution in [1.29, 1.82) is 0 Å². The summed E-state index contributed by atoms with van der Waals surface area (Å²) in [7, 11) is 3.17. The minimum Gasteiger partial charge on any atom is -0.493 e. The van der Waals surface area contributed by atoms with Crippen molar-refractivity contribution in [3.63, 3.8) is 0 Å². The number of fused-ring (bicyclic) bond motifs is 1. The Balaban J connectivity index is 1.42. The summed E-state index contributed by atoms with van der Waals surface area (Å²) in [5.74, 6) is 1.68. The number of carbonyl (C=O) groups is 1. The van der Waals surface area contributed by atoms with Gasteiger partial charge in [-0.05, 0) is 36.2 Å². The molecule has 0 saturated carbocycles. The molecule has 11 heteroatoms. The molecule has 4 rings (SSSR count). The molecule has 0 aliphatic carbocycles. The van der Waals surface area contributed by atoms with Crippen molar-refractivity contribution in [2.45, 2.75) is 11.6 Å². The first kappa shape index (κ1) is 23.7. The van der Waals surface area contributed by atoms with Crippen LogP contribution in [0.2, 0.25) is 5.02 Å². The summed E-state index contributed by atoms with van der Waals surface area (Å²) in [6.07, 6.45) is 0.637. The molecule has 2 aromatic carbocycles. The van der Waals surface area contributed by atoms with Gasteiger partial charge in [-0.15, -0.1) is 0 Å². The molecular weight excluding hydrogens is 478 g/mol. The third-order valence-corrected chi connectivity index (χ3v) is 6.10. The standard InChI is InChI=1S/C23H22ClN5O4S/c1-32-17-7-6-14(10-18(17)33-2)8-9-25-21(31)13-34-23-27-22(15-4-3-5-16(24)11-15)26-19-12-20(30)28-29(19)23/h3-7,10-12H,8-9,13H2,1-2H3,(H,25,31)(H,28,30). The number of rotatable bonds is 9. The molecule has 2 heterocycles. The van der Waals surface area contributed by atoms with Crippen LogP contribution in [0.4, 0.5) is 0 Å². The number of aromatic nitrogens is 4. The lowest BCUT2D eigenvalue weighted by atomic mass is 10.1. The summed E-state index contributed by atoms with van der Waals surface area (Å²) >= 11 is 7.30. The molecule has 0 aliphatic rings. The first-order valence-electron chi connectivity index (χ1n) is 10.3. The van der Waals surface area contributed by atoms with Crippen LogP contribution in [-0.2, 0) is 11.2 Å². The lowest BCUT2D eigenvalue weighted by Gasteiger charge is -2.10. The second-order valence-corrected chi connectivity index (χ2v) is 8.61. The quantitative estimate of drug-likeness (QED) is 0.340. The lowest BCUT2D eigenvalue weighted by Crippen LogP contribution is -2.27. The van der Waals surface area contributed by atoms with Gasteiger partial charge in [0.2, 0.25) is 5.91 Å². The number of halogens is 1. The highest BCUT2D eigenvalue weighted by Gasteiger charge is 2.13. The SMILES string of the molecule is COc1ccc(CCNC(=O)CSc2nc(-c3cccc(Cl)c3)nc3cc(=O)[nH]n23)cc1OC. The third kappa shape index (κ3) is 5.52. The Morgan fingerprint density at radius 2 is 1.94 bits per heavy atom. The van der Waals surface area contributed by atoms with Gasteiger partial charge < -0.3 is 14.8 Å². The molecule has 0 atom stereocenters. The number of aromatic amines is 1. The molecule has 2 N–H and O–H groups in total. The van der Waals surface area contributed by atoms with E-state index in [9.17, 15) is 9.59 Å². The molecule has 0 radical (unpaired) electrons. The van der Waals surface area contributed by atoms with Gasteiger partial charge in [0.25, 0.3) is 5.56 Å². The van der Waals surface area contributed by atoms with Gasteiger partial charge in [0.15, 0.2) is 28.1 Å². The van der Waals surface area contributed by atoms with Gasteiger partial charge in [0.1, 0.15) is 0 Å². The van der Waals surface area contributed by atoms with Crippen LogP contribution in [0, 0.1) is 0 Å². The van der Waals surface area contributed by atoms with Crippen molar-refractivity contribution in [3.8, 4) is 22.9 Å². The molecular formula is C23H22ClN5O4S. The molecule has 1 amide bonds. The van der Waals surface area contributed by atoms with E-state index in [0.29, 0.717) is 51.7 Å². The first-order chi connectivity index (χ1) is 16.5. The summed E-state index contributed by atoms with van der Waals surface area (Å²) < 4.78 is 12.0. The van der Waals surface area contributed by atoms with Crippen molar-refractivity contribution in [1.82, 2.24) is 24.9 Å². The fourth-order valence-electron chi connectivity index (χ4n) is 3.30. The number of benzene rings is 2. The van der Waals surface area contributed by atoms with E-state index < -0.39 is 0 Å². The molecule has 2 aromatic heterocycles. The molecule has 0 saturated heterocycles. The minimum absolute atomic E-state index is 0.118. The molecule has 176 valence electrons. The van der Waals surface area contributed by atoms with E-state index in [0.717, 1.165) is 5.56 Å². The van der Waals surface area contributed by atoms with E-state index in [1.165, 1.54) is 22.3 Å². The summed E-state index contributed by atoms with van der Waals surface area (Å²) in [4.78, 5) is 33.3. The first-order valence-corrected chi connectivity index (χ1v) is 11.7. The molecule has 4 aromatic rings. The van der Waals surface area contributed by atoms with Crippen LogP contribution in [-0.4, -0.2) is 52.0 Å². The van der Waals surface area contributed by atoms with E-state index in [2.05, 4.69) is 20.4 Å². The van der Waals surface area contributed by atoms with Gasteiger partial charge in [-0.1, -0.05) is 41.6 Å². The summed E-state index contributed by atoms with van der Waals surface area (Å²) in [6, 6.07) is 14.2. The molecule has 0 bridgehead atoms. The second kappa shape index (κ2) is 10.6. The number of carbonyl (C=O) groups excluding carboxylic acids is 1. The van der Waals surface area contributed by atoms with Crippen LogP contribution in [0.3, 0.4) is 0 Å². The van der Waals surface area contributed by atoms with E-state index in [4.69, 9.17) is 21.1 Å². The molecule has 0 unspecified atom stereocenters. The Kier molecular flexibility index (Phi) is 7.39. The maximum absolute atomic E-state index is 12.5. The predicted octanol–water partition coefficient (Wildman–Crippen LogP) is 3.21. The lowest BCUT2D eigenvalue weighted by molar-refractivity contribution is -0.118. The van der Waals surface area contributed by atoms with Crippen LogP contribution in [0.5, 0.6) is 11.5 Å². The zero-order valence-corrected chi connectivity index (χ0v) is 20.1. The number of nitrogens with zero attached hydrogens (tertiary/aromatic N) is 3. The van der Waals surface area contributed by atoms with Gasteiger partial charge in [-0.25, -0.2) is 14.5 Å². The van der Waals surface area contributed by atoms with Crippen molar-refractivity contribution < 1.29 is 14.3 Å². The Labute approximate surface area is 204 Å². The maximum Gasteiger partial charge on any atom is 0.266 e. The van der Waals surface area contributed by atoms with Crippen LogP contribution in [0.15, 0.2) is 58.5 Å². The number of thioether (sulfide) groups is 1. The van der Waals surface area contributed by atoms with E-state index in [1.807, 2.05) is 24.3 Å². The van der Waals surface area contributed by atoms with Gasteiger partial charge in [-0.3, -0.25) is 14.7 Å². The van der Waals surface area contributed by atoms with Gasteiger partial charge >= 0.3 is 0 Å². The van der Waals surface area contributed by atoms with Crippen molar-refractivity contribution in [3.05, 3.63) is 69.5 Å². The molecule has 0 aliphatic heterocycles. The number of methoxy groups -OCH3 is 2. The van der Waals surface area contributed by atoms with Gasteiger partial charge in [-0.2, -0.15) is 0 Å². The van der Waals surface area contributed by atoms with Gasteiger partial charge in [0, 0.05) is 23.2 Å². The number of H-pyrrole nitrogens is 1. The highest BCUT2D eigenvalue weighted by atomic mass is 35.5. The summed E-state index contributed by atoms with van der Waals surface area (Å²) in [5, 5.41) is 6.55. The smallest absolute Gasteiger partial charge is 0.266 e. The van der Waals surface area contributed by atoms with Crippen LogP contribution < -0.4 is 20.3 Å². The van der Waals surface area contributed by atoms with Crippen LogP contribution in [0.25, 0.3) is 17.0 Å². The van der Waals surface area contributed by atoms with Gasteiger partial charge in [0.05, 0.1) is 20.0 Å². The number of hydrogen-bond acceptors (Lipinski definition) is 7. The Hall–Kier alpha value is -3.50. The van der Waals surface area contributed by atoms with E-state index in [1.54, 1.807) is 32.4 Å². The van der Waals surface area contributed by atoms with Crippen molar-refractivity contribution in [2.24, 2.45) is 0 Å². The zero-order chi connectivity index (χ0) is 24.1. The predicted molar refractivity (Wildman–Crippen MR) is 131 cm³/mol. The number of nitrogens with one attached hydrogen (secondary N) is 2. The molecule has 0 spiro atoms. The molecule has 0 fully saturated rings. The monoisotopic (exact) mass is 499 g/mol.